The predicted molar refractivity (Wildman–Crippen MR) is 194 cm³/mol. The molecule has 0 saturated heterocycles. The van der Waals surface area contributed by atoms with Crippen molar-refractivity contribution in [2.24, 2.45) is 0 Å². The molecule has 2 heterocycles. The minimum Gasteiger partial charge on any atom is -0.310 e. The van der Waals surface area contributed by atoms with Crippen molar-refractivity contribution in [3.8, 4) is 16.8 Å². The molecule has 0 saturated carbocycles. The van der Waals surface area contributed by atoms with Gasteiger partial charge in [0.1, 0.15) is 0 Å². The van der Waals surface area contributed by atoms with Crippen LogP contribution in [0.5, 0.6) is 0 Å². The van der Waals surface area contributed by atoms with Crippen LogP contribution in [-0.2, 0) is 0 Å². The summed E-state index contributed by atoms with van der Waals surface area (Å²) in [5.41, 5.74) is 9.38. The van der Waals surface area contributed by atoms with Crippen molar-refractivity contribution in [1.82, 2.24) is 4.57 Å². The van der Waals surface area contributed by atoms with E-state index in [1.165, 1.54) is 53.1 Å². The van der Waals surface area contributed by atoms with Crippen molar-refractivity contribution in [3.63, 3.8) is 0 Å². The number of hydrogen-bond acceptors (Lipinski definition) is 2. The molecule has 9 aromatic rings. The number of para-hydroxylation sites is 3. The van der Waals surface area contributed by atoms with Crippen molar-refractivity contribution in [2.75, 3.05) is 4.90 Å². The number of thiophene rings is 1. The van der Waals surface area contributed by atoms with Gasteiger partial charge in [-0.1, -0.05) is 109 Å². The summed E-state index contributed by atoms with van der Waals surface area (Å²) in [5, 5.41) is 5.11. The molecule has 0 aliphatic heterocycles. The van der Waals surface area contributed by atoms with Crippen LogP contribution in [0.2, 0.25) is 0 Å². The Morgan fingerprint density at radius 3 is 1.89 bits per heavy atom. The normalized spacial score (nSPS) is 11.6. The minimum absolute atomic E-state index is 1.13. The smallest absolute Gasteiger partial charge is 0.0548 e. The third-order valence-corrected chi connectivity index (χ3v) is 9.90. The number of aromatic nitrogens is 1. The average Bonchev–Trinajstić information content (AvgIpc) is 3.65. The van der Waals surface area contributed by atoms with Gasteiger partial charge in [0.2, 0.25) is 0 Å². The van der Waals surface area contributed by atoms with Gasteiger partial charge in [-0.15, -0.1) is 11.3 Å². The molecular formula is C42H28N2S. The molecule has 0 unspecified atom stereocenters. The van der Waals surface area contributed by atoms with Gasteiger partial charge < -0.3 is 9.47 Å². The van der Waals surface area contributed by atoms with E-state index in [1.807, 2.05) is 11.3 Å². The van der Waals surface area contributed by atoms with E-state index >= 15 is 0 Å². The van der Waals surface area contributed by atoms with Gasteiger partial charge in [0.25, 0.3) is 0 Å². The number of benzene rings is 7. The molecule has 45 heavy (non-hydrogen) atoms. The number of anilines is 3. The lowest BCUT2D eigenvalue weighted by Gasteiger charge is -2.28. The summed E-state index contributed by atoms with van der Waals surface area (Å²) >= 11 is 1.86. The Labute approximate surface area is 265 Å². The zero-order chi connectivity index (χ0) is 29.7. The molecule has 0 atom stereocenters. The highest BCUT2D eigenvalue weighted by atomic mass is 32.1. The van der Waals surface area contributed by atoms with Crippen molar-refractivity contribution < 1.29 is 0 Å². The van der Waals surface area contributed by atoms with Crippen LogP contribution < -0.4 is 4.90 Å². The van der Waals surface area contributed by atoms with Crippen LogP contribution in [0.25, 0.3) is 58.8 Å². The molecule has 0 N–H and O–H groups in total. The SMILES string of the molecule is c1ccc(-c2c(N(c3ccccc3)c3ccc4c(c3)sc3ccccc34)ccc3c2c2ccccc2n3-c2ccccc2)cc1. The van der Waals surface area contributed by atoms with E-state index in [9.17, 15) is 0 Å². The van der Waals surface area contributed by atoms with Crippen LogP contribution in [-0.4, -0.2) is 4.57 Å². The first-order valence-electron chi connectivity index (χ1n) is 15.3. The zero-order valence-electron chi connectivity index (χ0n) is 24.5. The molecule has 0 radical (unpaired) electrons. The fourth-order valence-electron chi connectivity index (χ4n) is 6.85. The molecule has 0 amide bonds. The Morgan fingerprint density at radius 1 is 0.444 bits per heavy atom. The highest BCUT2D eigenvalue weighted by Crippen LogP contribution is 2.48. The quantitative estimate of drug-likeness (QED) is 0.193. The molecule has 7 aromatic carbocycles. The Morgan fingerprint density at radius 2 is 1.09 bits per heavy atom. The standard InChI is InChI=1S/C42H28N2S/c1-4-14-29(15-5-1)41-37(26-27-38-42(41)35-21-10-12-22-36(35)44(38)31-18-8-3-9-19-31)43(30-16-6-2-7-17-30)32-24-25-34-33-20-11-13-23-39(33)45-40(34)28-32/h1-28H. The second-order valence-electron chi connectivity index (χ2n) is 11.4. The highest BCUT2D eigenvalue weighted by molar-refractivity contribution is 7.25. The lowest BCUT2D eigenvalue weighted by Crippen LogP contribution is -2.11. The van der Waals surface area contributed by atoms with E-state index in [1.54, 1.807) is 0 Å². The Kier molecular flexibility index (Phi) is 6.03. The molecule has 0 spiro atoms. The lowest BCUT2D eigenvalue weighted by atomic mass is 9.96. The summed E-state index contributed by atoms with van der Waals surface area (Å²) in [6.07, 6.45) is 0. The number of rotatable bonds is 5. The van der Waals surface area contributed by atoms with Crippen molar-refractivity contribution in [3.05, 3.63) is 170 Å². The van der Waals surface area contributed by atoms with Crippen LogP contribution in [0.3, 0.4) is 0 Å². The third kappa shape index (κ3) is 4.16. The summed E-state index contributed by atoms with van der Waals surface area (Å²) < 4.78 is 5.01. The Bertz CT molecular complexity index is 2470. The first kappa shape index (κ1) is 25.8. The fourth-order valence-corrected chi connectivity index (χ4v) is 7.99. The van der Waals surface area contributed by atoms with Gasteiger partial charge in [-0.25, -0.2) is 0 Å². The maximum atomic E-state index is 2.43. The average molecular weight is 593 g/mol. The molecular weight excluding hydrogens is 565 g/mol. The first-order chi connectivity index (χ1) is 22.3. The van der Waals surface area contributed by atoms with Crippen molar-refractivity contribution >= 4 is 70.4 Å². The van der Waals surface area contributed by atoms with E-state index in [2.05, 4.69) is 179 Å². The van der Waals surface area contributed by atoms with Crippen molar-refractivity contribution in [1.29, 1.82) is 0 Å². The molecule has 0 aliphatic carbocycles. The van der Waals surface area contributed by atoms with Gasteiger partial charge >= 0.3 is 0 Å². The minimum atomic E-state index is 1.13. The molecule has 0 fully saturated rings. The van der Waals surface area contributed by atoms with Crippen LogP contribution in [0, 0.1) is 0 Å². The van der Waals surface area contributed by atoms with Gasteiger partial charge in [-0.05, 0) is 66.2 Å². The number of hydrogen-bond donors (Lipinski definition) is 0. The van der Waals surface area contributed by atoms with Crippen molar-refractivity contribution in [2.45, 2.75) is 0 Å². The van der Waals surface area contributed by atoms with Gasteiger partial charge in [0.15, 0.2) is 0 Å². The van der Waals surface area contributed by atoms with Crippen LogP contribution in [0.1, 0.15) is 0 Å². The molecule has 2 nitrogen and oxygen atoms in total. The molecule has 0 bridgehead atoms. The molecule has 3 heteroatoms. The largest absolute Gasteiger partial charge is 0.310 e. The van der Waals surface area contributed by atoms with E-state index in [-0.39, 0.29) is 0 Å². The molecule has 2 aromatic heterocycles. The van der Waals surface area contributed by atoms with Gasteiger partial charge in [-0.2, -0.15) is 0 Å². The summed E-state index contributed by atoms with van der Waals surface area (Å²) in [5.74, 6) is 0. The summed E-state index contributed by atoms with van der Waals surface area (Å²) in [4.78, 5) is 2.43. The Hall–Kier alpha value is -5.64. The van der Waals surface area contributed by atoms with E-state index < -0.39 is 0 Å². The maximum absolute atomic E-state index is 2.43. The lowest BCUT2D eigenvalue weighted by molar-refractivity contribution is 1.18. The van der Waals surface area contributed by atoms with E-state index in [0.29, 0.717) is 0 Å². The highest BCUT2D eigenvalue weighted by Gasteiger charge is 2.24. The summed E-state index contributed by atoms with van der Waals surface area (Å²) in [6.45, 7) is 0. The fraction of sp³-hybridized carbons (Fsp3) is 0. The van der Waals surface area contributed by atoms with Crippen LogP contribution in [0.4, 0.5) is 17.1 Å². The summed E-state index contributed by atoms with van der Waals surface area (Å²) in [7, 11) is 0. The first-order valence-corrected chi connectivity index (χ1v) is 16.1. The maximum Gasteiger partial charge on any atom is 0.0548 e. The second kappa shape index (κ2) is 10.5. The van der Waals surface area contributed by atoms with E-state index in [4.69, 9.17) is 0 Å². The summed E-state index contributed by atoms with van der Waals surface area (Å²) in [6, 6.07) is 61.4. The zero-order valence-corrected chi connectivity index (χ0v) is 25.3. The van der Waals surface area contributed by atoms with Crippen LogP contribution >= 0.6 is 11.3 Å². The van der Waals surface area contributed by atoms with Crippen LogP contribution in [0.15, 0.2) is 170 Å². The monoisotopic (exact) mass is 592 g/mol. The van der Waals surface area contributed by atoms with Gasteiger partial charge in [-0.3, -0.25) is 0 Å². The molecule has 212 valence electrons. The predicted octanol–water partition coefficient (Wildman–Crippen LogP) is 12.3. The number of fused-ring (bicyclic) bond motifs is 6. The molecule has 9 rings (SSSR count). The topological polar surface area (TPSA) is 8.17 Å². The second-order valence-corrected chi connectivity index (χ2v) is 12.4. The Balaban J connectivity index is 1.39. The number of nitrogens with zero attached hydrogens (tertiary/aromatic N) is 2. The van der Waals surface area contributed by atoms with Gasteiger partial charge in [0, 0.05) is 53.6 Å². The van der Waals surface area contributed by atoms with Gasteiger partial charge in [0.05, 0.1) is 16.7 Å². The third-order valence-electron chi connectivity index (χ3n) is 8.77. The van der Waals surface area contributed by atoms with E-state index in [0.717, 1.165) is 22.7 Å². The molecule has 0 aliphatic rings.